The van der Waals surface area contributed by atoms with E-state index >= 15 is 0 Å². The number of aliphatic hydroxyl groups is 1. The van der Waals surface area contributed by atoms with Crippen LogP contribution >= 0.6 is 0 Å². The molecule has 0 amide bonds. The van der Waals surface area contributed by atoms with Crippen LogP contribution in [0.25, 0.3) is 0 Å². The zero-order valence-electron chi connectivity index (χ0n) is 11.1. The van der Waals surface area contributed by atoms with Crippen LogP contribution in [0.15, 0.2) is 0 Å². The zero-order chi connectivity index (χ0) is 13.0. The molecule has 1 saturated carbocycles. The molecule has 0 spiro atoms. The SMILES string of the molecule is O=C(O)C1CCCCN1CC(O)CC1CCCC1. The molecule has 2 unspecified atom stereocenters. The Morgan fingerprint density at radius 2 is 1.83 bits per heavy atom. The van der Waals surface area contributed by atoms with Gasteiger partial charge in [0.2, 0.25) is 0 Å². The molecule has 0 aromatic heterocycles. The molecule has 0 aromatic rings. The van der Waals surface area contributed by atoms with Crippen molar-refractivity contribution in [2.45, 2.75) is 63.5 Å². The third-order valence-corrected chi connectivity index (χ3v) is 4.42. The lowest BCUT2D eigenvalue weighted by Gasteiger charge is -2.34. The fourth-order valence-corrected chi connectivity index (χ4v) is 3.47. The molecule has 1 aliphatic carbocycles. The van der Waals surface area contributed by atoms with E-state index in [1.807, 2.05) is 4.90 Å². The van der Waals surface area contributed by atoms with Gasteiger partial charge >= 0.3 is 5.97 Å². The number of hydrogen-bond donors (Lipinski definition) is 2. The van der Waals surface area contributed by atoms with E-state index in [0.717, 1.165) is 32.2 Å². The highest BCUT2D eigenvalue weighted by Gasteiger charge is 2.30. The average Bonchev–Trinajstić information content (AvgIpc) is 2.82. The number of piperidine rings is 1. The summed E-state index contributed by atoms with van der Waals surface area (Å²) < 4.78 is 0. The van der Waals surface area contributed by atoms with Crippen LogP contribution in [0.3, 0.4) is 0 Å². The van der Waals surface area contributed by atoms with Crippen molar-refractivity contribution >= 4 is 5.97 Å². The predicted octanol–water partition coefficient (Wildman–Crippen LogP) is 1.87. The van der Waals surface area contributed by atoms with Crippen molar-refractivity contribution in [3.05, 3.63) is 0 Å². The number of aliphatic carboxylic acids is 1. The molecule has 2 atom stereocenters. The molecule has 1 aliphatic heterocycles. The number of rotatable bonds is 5. The van der Waals surface area contributed by atoms with Gasteiger partial charge in [-0.05, 0) is 31.7 Å². The Bertz CT molecular complexity index is 276. The molecule has 2 fully saturated rings. The van der Waals surface area contributed by atoms with Gasteiger partial charge in [0, 0.05) is 6.54 Å². The number of carboxylic acids is 1. The summed E-state index contributed by atoms with van der Waals surface area (Å²) >= 11 is 0. The number of likely N-dealkylation sites (tertiary alicyclic amines) is 1. The van der Waals surface area contributed by atoms with Gasteiger partial charge < -0.3 is 10.2 Å². The van der Waals surface area contributed by atoms with Crippen LogP contribution in [0.4, 0.5) is 0 Å². The van der Waals surface area contributed by atoms with Crippen molar-refractivity contribution in [1.29, 1.82) is 0 Å². The molecule has 2 N–H and O–H groups in total. The van der Waals surface area contributed by atoms with Crippen LogP contribution < -0.4 is 0 Å². The van der Waals surface area contributed by atoms with E-state index in [2.05, 4.69) is 0 Å². The first kappa shape index (κ1) is 13.8. The van der Waals surface area contributed by atoms with Crippen molar-refractivity contribution in [2.75, 3.05) is 13.1 Å². The fraction of sp³-hybridized carbons (Fsp3) is 0.929. The van der Waals surface area contributed by atoms with E-state index in [1.165, 1.54) is 25.7 Å². The minimum absolute atomic E-state index is 0.354. The standard InChI is InChI=1S/C14H25NO3/c16-12(9-11-5-1-2-6-11)10-15-8-4-3-7-13(15)14(17)18/h11-13,16H,1-10H2,(H,17,18). The Morgan fingerprint density at radius 3 is 2.50 bits per heavy atom. The molecule has 4 heteroatoms. The quantitative estimate of drug-likeness (QED) is 0.787. The maximum absolute atomic E-state index is 11.2. The van der Waals surface area contributed by atoms with Gasteiger partial charge in [-0.15, -0.1) is 0 Å². The Labute approximate surface area is 109 Å². The van der Waals surface area contributed by atoms with Gasteiger partial charge in [-0.25, -0.2) is 0 Å². The van der Waals surface area contributed by atoms with Crippen molar-refractivity contribution < 1.29 is 15.0 Å². The van der Waals surface area contributed by atoms with Gasteiger partial charge in [0.25, 0.3) is 0 Å². The van der Waals surface area contributed by atoms with Gasteiger partial charge in [0.05, 0.1) is 6.10 Å². The second kappa shape index (κ2) is 6.53. The Hall–Kier alpha value is -0.610. The van der Waals surface area contributed by atoms with Gasteiger partial charge in [-0.2, -0.15) is 0 Å². The highest BCUT2D eigenvalue weighted by atomic mass is 16.4. The minimum atomic E-state index is -0.734. The molecule has 104 valence electrons. The molecular weight excluding hydrogens is 230 g/mol. The van der Waals surface area contributed by atoms with Gasteiger partial charge in [0.1, 0.15) is 6.04 Å². The zero-order valence-corrected chi connectivity index (χ0v) is 11.1. The smallest absolute Gasteiger partial charge is 0.320 e. The monoisotopic (exact) mass is 255 g/mol. The maximum Gasteiger partial charge on any atom is 0.320 e. The average molecular weight is 255 g/mol. The molecule has 1 heterocycles. The van der Waals surface area contributed by atoms with E-state index in [-0.39, 0.29) is 12.1 Å². The Morgan fingerprint density at radius 1 is 1.17 bits per heavy atom. The molecule has 0 radical (unpaired) electrons. The number of nitrogens with zero attached hydrogens (tertiary/aromatic N) is 1. The van der Waals surface area contributed by atoms with E-state index in [0.29, 0.717) is 12.5 Å². The summed E-state index contributed by atoms with van der Waals surface area (Å²) in [4.78, 5) is 13.1. The number of hydrogen-bond acceptors (Lipinski definition) is 3. The van der Waals surface area contributed by atoms with E-state index < -0.39 is 5.97 Å². The van der Waals surface area contributed by atoms with E-state index in [9.17, 15) is 15.0 Å². The topological polar surface area (TPSA) is 60.8 Å². The summed E-state index contributed by atoms with van der Waals surface area (Å²) in [5, 5.41) is 19.3. The lowest BCUT2D eigenvalue weighted by molar-refractivity contribution is -0.145. The number of carbonyl (C=O) groups is 1. The highest BCUT2D eigenvalue weighted by molar-refractivity contribution is 5.73. The first-order valence-corrected chi connectivity index (χ1v) is 7.31. The number of carboxylic acid groups (broad SMARTS) is 1. The van der Waals surface area contributed by atoms with Crippen LogP contribution in [0.1, 0.15) is 51.4 Å². The summed E-state index contributed by atoms with van der Waals surface area (Å²) in [6.07, 6.45) is 8.32. The summed E-state index contributed by atoms with van der Waals surface area (Å²) in [5.41, 5.74) is 0. The normalized spacial score (nSPS) is 28.4. The van der Waals surface area contributed by atoms with Crippen LogP contribution in [-0.4, -0.2) is 46.3 Å². The molecule has 0 bridgehead atoms. The number of aliphatic hydroxyl groups excluding tert-OH is 1. The third-order valence-electron chi connectivity index (χ3n) is 4.42. The summed E-state index contributed by atoms with van der Waals surface area (Å²) in [6, 6.07) is -0.378. The van der Waals surface area contributed by atoms with Crippen molar-refractivity contribution in [3.8, 4) is 0 Å². The second-order valence-electron chi connectivity index (χ2n) is 5.88. The van der Waals surface area contributed by atoms with Crippen LogP contribution in [-0.2, 0) is 4.79 Å². The molecule has 18 heavy (non-hydrogen) atoms. The third kappa shape index (κ3) is 3.69. The van der Waals surface area contributed by atoms with Crippen molar-refractivity contribution in [1.82, 2.24) is 4.90 Å². The molecule has 2 aliphatic rings. The summed E-state index contributed by atoms with van der Waals surface area (Å²) in [6.45, 7) is 1.35. The lowest BCUT2D eigenvalue weighted by atomic mass is 9.97. The Balaban J connectivity index is 1.80. The van der Waals surface area contributed by atoms with Crippen LogP contribution in [0, 0.1) is 5.92 Å². The van der Waals surface area contributed by atoms with Gasteiger partial charge in [-0.3, -0.25) is 9.69 Å². The van der Waals surface area contributed by atoms with Gasteiger partial charge in [-0.1, -0.05) is 32.1 Å². The van der Waals surface area contributed by atoms with Crippen molar-refractivity contribution in [2.24, 2.45) is 5.92 Å². The molecule has 4 nitrogen and oxygen atoms in total. The number of β-amino-alcohol motifs (C(OH)–C–C–N with tert-alkyl or cyclic N) is 1. The van der Waals surface area contributed by atoms with Crippen LogP contribution in [0.2, 0.25) is 0 Å². The Kier molecular flexibility index (Phi) is 5.01. The second-order valence-corrected chi connectivity index (χ2v) is 5.88. The summed E-state index contributed by atoms with van der Waals surface area (Å²) in [5.74, 6) is -0.0733. The molecule has 1 saturated heterocycles. The highest BCUT2D eigenvalue weighted by Crippen LogP contribution is 2.29. The van der Waals surface area contributed by atoms with E-state index in [1.54, 1.807) is 0 Å². The largest absolute Gasteiger partial charge is 0.480 e. The molecule has 0 aromatic carbocycles. The minimum Gasteiger partial charge on any atom is -0.480 e. The predicted molar refractivity (Wildman–Crippen MR) is 69.4 cm³/mol. The van der Waals surface area contributed by atoms with E-state index in [4.69, 9.17) is 0 Å². The maximum atomic E-state index is 11.2. The summed E-state index contributed by atoms with van der Waals surface area (Å²) in [7, 11) is 0. The van der Waals surface area contributed by atoms with Crippen molar-refractivity contribution in [3.63, 3.8) is 0 Å². The molecular formula is C14H25NO3. The molecule has 2 rings (SSSR count). The first-order valence-electron chi connectivity index (χ1n) is 7.31. The lowest BCUT2D eigenvalue weighted by Crippen LogP contribution is -2.47. The fourth-order valence-electron chi connectivity index (χ4n) is 3.47. The first-order chi connectivity index (χ1) is 8.66. The van der Waals surface area contributed by atoms with Crippen LogP contribution in [0.5, 0.6) is 0 Å². The van der Waals surface area contributed by atoms with Gasteiger partial charge in [0.15, 0.2) is 0 Å².